The van der Waals surface area contributed by atoms with Crippen molar-refractivity contribution >= 4 is 17.7 Å². The number of hydrogen-bond donors (Lipinski definition) is 1. The Kier molecular flexibility index (Phi) is 5.68. The number of carbonyl (C=O) groups is 2. The standard InChI is InChI=1S/C16H21NO5/c1-6-16(4,15(20)21-5)12-7-8-14(19)13(9-12)10(2)17-22-11(3)18/h7-9,19H,6H2,1-5H3/b17-10+. The first-order valence-electron chi connectivity index (χ1n) is 6.90. The number of hydrogen-bond acceptors (Lipinski definition) is 6. The Hall–Kier alpha value is -2.37. The van der Waals surface area contributed by atoms with Gasteiger partial charge in [0.15, 0.2) is 0 Å². The molecular weight excluding hydrogens is 286 g/mol. The van der Waals surface area contributed by atoms with Crippen LogP contribution in [0.2, 0.25) is 0 Å². The number of benzene rings is 1. The minimum atomic E-state index is -0.834. The minimum absolute atomic E-state index is 0.0135. The summed E-state index contributed by atoms with van der Waals surface area (Å²) in [5, 5.41) is 13.6. The summed E-state index contributed by atoms with van der Waals surface area (Å²) < 4.78 is 4.87. The number of oxime groups is 1. The highest BCUT2D eigenvalue weighted by atomic mass is 16.7. The highest BCUT2D eigenvalue weighted by Gasteiger charge is 2.35. The van der Waals surface area contributed by atoms with Gasteiger partial charge in [-0.25, -0.2) is 4.79 Å². The molecule has 6 nitrogen and oxygen atoms in total. The second-order valence-corrected chi connectivity index (χ2v) is 5.17. The summed E-state index contributed by atoms with van der Waals surface area (Å²) in [6.07, 6.45) is 0.532. The summed E-state index contributed by atoms with van der Waals surface area (Å²) in [4.78, 5) is 27.5. The molecule has 22 heavy (non-hydrogen) atoms. The van der Waals surface area contributed by atoms with Crippen molar-refractivity contribution in [2.24, 2.45) is 5.16 Å². The summed E-state index contributed by atoms with van der Waals surface area (Å²) in [7, 11) is 1.34. The van der Waals surface area contributed by atoms with Gasteiger partial charge in [0.25, 0.3) is 0 Å². The lowest BCUT2D eigenvalue weighted by molar-refractivity contribution is -0.147. The maximum absolute atomic E-state index is 12.1. The Morgan fingerprint density at radius 1 is 1.32 bits per heavy atom. The molecule has 0 saturated carbocycles. The molecule has 1 N–H and O–H groups in total. The van der Waals surface area contributed by atoms with Crippen LogP contribution < -0.4 is 0 Å². The first kappa shape index (κ1) is 17.7. The largest absolute Gasteiger partial charge is 0.507 e. The number of aromatic hydroxyl groups is 1. The van der Waals surface area contributed by atoms with E-state index in [1.165, 1.54) is 20.1 Å². The Morgan fingerprint density at radius 3 is 2.45 bits per heavy atom. The van der Waals surface area contributed by atoms with Crippen LogP contribution in [0.3, 0.4) is 0 Å². The van der Waals surface area contributed by atoms with Crippen molar-refractivity contribution in [1.82, 2.24) is 0 Å². The number of phenols is 1. The average molecular weight is 307 g/mol. The molecule has 0 heterocycles. The molecule has 1 rings (SSSR count). The molecule has 0 radical (unpaired) electrons. The fourth-order valence-corrected chi connectivity index (χ4v) is 2.04. The van der Waals surface area contributed by atoms with E-state index < -0.39 is 11.4 Å². The highest BCUT2D eigenvalue weighted by Crippen LogP contribution is 2.32. The molecule has 0 fully saturated rings. The number of methoxy groups -OCH3 is 1. The second kappa shape index (κ2) is 7.06. The van der Waals surface area contributed by atoms with Gasteiger partial charge in [-0.15, -0.1) is 0 Å². The van der Waals surface area contributed by atoms with Crippen LogP contribution in [0.5, 0.6) is 5.75 Å². The average Bonchev–Trinajstić information content (AvgIpc) is 2.51. The van der Waals surface area contributed by atoms with Gasteiger partial charge in [0, 0.05) is 12.5 Å². The van der Waals surface area contributed by atoms with Gasteiger partial charge in [-0.3, -0.25) is 4.79 Å². The SMILES string of the molecule is CCC(C)(C(=O)OC)c1ccc(O)c(/C(C)=N/OC(C)=O)c1. The maximum Gasteiger partial charge on any atom is 0.331 e. The Balaban J connectivity index is 3.32. The van der Waals surface area contributed by atoms with Gasteiger partial charge in [0.1, 0.15) is 5.75 Å². The second-order valence-electron chi connectivity index (χ2n) is 5.17. The van der Waals surface area contributed by atoms with Crippen molar-refractivity contribution in [3.8, 4) is 5.75 Å². The third kappa shape index (κ3) is 3.63. The number of rotatable bonds is 5. The van der Waals surface area contributed by atoms with Crippen LogP contribution in [-0.2, 0) is 24.6 Å². The Bertz CT molecular complexity index is 609. The third-order valence-corrected chi connectivity index (χ3v) is 3.68. The van der Waals surface area contributed by atoms with Gasteiger partial charge in [-0.1, -0.05) is 18.1 Å². The monoisotopic (exact) mass is 307 g/mol. The topological polar surface area (TPSA) is 85.2 Å². The van der Waals surface area contributed by atoms with Gasteiger partial charge < -0.3 is 14.7 Å². The molecule has 0 aliphatic carbocycles. The number of carbonyl (C=O) groups excluding carboxylic acids is 2. The van der Waals surface area contributed by atoms with Crippen molar-refractivity contribution in [1.29, 1.82) is 0 Å². The zero-order chi connectivity index (χ0) is 16.9. The van der Waals surface area contributed by atoms with E-state index in [1.807, 2.05) is 6.92 Å². The Labute approximate surface area is 129 Å². The molecule has 0 spiro atoms. The lowest BCUT2D eigenvalue weighted by atomic mass is 9.79. The van der Waals surface area contributed by atoms with Gasteiger partial charge >= 0.3 is 11.9 Å². The van der Waals surface area contributed by atoms with Crippen molar-refractivity contribution < 1.29 is 24.3 Å². The van der Waals surface area contributed by atoms with Crippen LogP contribution in [-0.4, -0.2) is 29.9 Å². The fourth-order valence-electron chi connectivity index (χ4n) is 2.04. The number of phenolic OH excluding ortho intramolecular Hbond substituents is 1. The lowest BCUT2D eigenvalue weighted by Gasteiger charge is -2.26. The molecule has 0 bridgehead atoms. The molecule has 0 saturated heterocycles. The summed E-state index contributed by atoms with van der Waals surface area (Å²) in [6.45, 7) is 6.48. The predicted molar refractivity (Wildman–Crippen MR) is 81.7 cm³/mol. The van der Waals surface area contributed by atoms with E-state index in [1.54, 1.807) is 26.0 Å². The molecule has 120 valence electrons. The zero-order valence-electron chi connectivity index (χ0n) is 13.5. The van der Waals surface area contributed by atoms with Gasteiger partial charge in [-0.05, 0) is 38.0 Å². The van der Waals surface area contributed by atoms with Crippen LogP contribution in [0.4, 0.5) is 0 Å². The van der Waals surface area contributed by atoms with E-state index in [0.29, 0.717) is 23.3 Å². The molecule has 0 aliphatic heterocycles. The first-order valence-corrected chi connectivity index (χ1v) is 6.90. The minimum Gasteiger partial charge on any atom is -0.507 e. The summed E-state index contributed by atoms with van der Waals surface area (Å²) >= 11 is 0. The quantitative estimate of drug-likeness (QED) is 0.391. The van der Waals surface area contributed by atoms with E-state index in [0.717, 1.165) is 0 Å². The Morgan fingerprint density at radius 2 is 1.95 bits per heavy atom. The number of esters is 1. The van der Waals surface area contributed by atoms with Crippen LogP contribution in [0.15, 0.2) is 23.4 Å². The van der Waals surface area contributed by atoms with E-state index in [2.05, 4.69) is 9.99 Å². The molecule has 0 aliphatic rings. The molecular formula is C16H21NO5. The molecule has 1 unspecified atom stereocenters. The molecule has 1 atom stereocenters. The summed E-state index contributed by atoms with van der Waals surface area (Å²) in [5.41, 5.74) is 0.575. The normalized spacial score (nSPS) is 14.1. The van der Waals surface area contributed by atoms with Gasteiger partial charge in [0.05, 0.1) is 18.2 Å². The van der Waals surface area contributed by atoms with Crippen molar-refractivity contribution in [3.63, 3.8) is 0 Å². The van der Waals surface area contributed by atoms with E-state index in [-0.39, 0.29) is 11.7 Å². The van der Waals surface area contributed by atoms with E-state index >= 15 is 0 Å². The van der Waals surface area contributed by atoms with Crippen LogP contribution >= 0.6 is 0 Å². The van der Waals surface area contributed by atoms with E-state index in [4.69, 9.17) is 4.74 Å². The summed E-state index contributed by atoms with van der Waals surface area (Å²) in [6, 6.07) is 4.80. The molecule has 0 aromatic heterocycles. The first-order chi connectivity index (χ1) is 10.3. The van der Waals surface area contributed by atoms with Crippen LogP contribution in [0, 0.1) is 0 Å². The highest BCUT2D eigenvalue weighted by molar-refractivity contribution is 6.01. The summed E-state index contributed by atoms with van der Waals surface area (Å²) in [5.74, 6) is -0.926. The molecule has 6 heteroatoms. The molecule has 0 amide bonds. The van der Waals surface area contributed by atoms with Gasteiger partial charge in [0.2, 0.25) is 0 Å². The van der Waals surface area contributed by atoms with Gasteiger partial charge in [-0.2, -0.15) is 0 Å². The molecule has 1 aromatic carbocycles. The van der Waals surface area contributed by atoms with E-state index in [9.17, 15) is 14.7 Å². The van der Waals surface area contributed by atoms with Crippen molar-refractivity contribution in [2.45, 2.75) is 39.5 Å². The third-order valence-electron chi connectivity index (χ3n) is 3.68. The number of nitrogens with zero attached hydrogens (tertiary/aromatic N) is 1. The fraction of sp³-hybridized carbons (Fsp3) is 0.438. The maximum atomic E-state index is 12.1. The van der Waals surface area contributed by atoms with Crippen LogP contribution in [0.1, 0.15) is 45.2 Å². The van der Waals surface area contributed by atoms with Crippen molar-refractivity contribution in [2.75, 3.05) is 7.11 Å². The smallest absolute Gasteiger partial charge is 0.331 e. The number of ether oxygens (including phenoxy) is 1. The van der Waals surface area contributed by atoms with Crippen molar-refractivity contribution in [3.05, 3.63) is 29.3 Å². The lowest BCUT2D eigenvalue weighted by Crippen LogP contribution is -2.33. The molecule has 1 aromatic rings. The predicted octanol–water partition coefficient (Wildman–Crippen LogP) is 2.52. The zero-order valence-corrected chi connectivity index (χ0v) is 13.5. The van der Waals surface area contributed by atoms with Crippen LogP contribution in [0.25, 0.3) is 0 Å².